The van der Waals surface area contributed by atoms with Crippen LogP contribution in [0.25, 0.3) is 0 Å². The van der Waals surface area contributed by atoms with E-state index in [2.05, 4.69) is 10.6 Å². The first-order chi connectivity index (χ1) is 8.59. The third-order valence-electron chi connectivity index (χ3n) is 2.41. The quantitative estimate of drug-likeness (QED) is 0.665. The van der Waals surface area contributed by atoms with Gasteiger partial charge in [-0.15, -0.1) is 0 Å². The zero-order chi connectivity index (χ0) is 13.4. The summed E-state index contributed by atoms with van der Waals surface area (Å²) in [6.45, 7) is 2.70. The summed E-state index contributed by atoms with van der Waals surface area (Å²) in [6.07, 6.45) is 1.29. The first-order valence-corrected chi connectivity index (χ1v) is 6.40. The third kappa shape index (κ3) is 6.00. The summed E-state index contributed by atoms with van der Waals surface area (Å²) in [5.74, 6) is -0.125. The Kier molecular flexibility index (Phi) is 6.72. The molecule has 1 aromatic rings. The fourth-order valence-electron chi connectivity index (χ4n) is 1.48. The summed E-state index contributed by atoms with van der Waals surface area (Å²) in [5, 5.41) is 15.3. The first-order valence-electron chi connectivity index (χ1n) is 6.02. The maximum atomic E-state index is 11.6. The Balaban J connectivity index is 2.20. The van der Waals surface area contributed by atoms with E-state index < -0.39 is 0 Å². The van der Waals surface area contributed by atoms with E-state index in [1.807, 2.05) is 12.1 Å². The Morgan fingerprint density at radius 2 is 2.17 bits per heavy atom. The number of hydrogen-bond donors (Lipinski definition) is 3. The molecular formula is C13H19ClN2O2. The van der Waals surface area contributed by atoms with Crippen molar-refractivity contribution < 1.29 is 9.90 Å². The van der Waals surface area contributed by atoms with E-state index in [1.165, 1.54) is 0 Å². The number of halogens is 1. The van der Waals surface area contributed by atoms with Crippen LogP contribution in [0.1, 0.15) is 19.8 Å². The van der Waals surface area contributed by atoms with E-state index in [0.717, 1.165) is 12.8 Å². The first kappa shape index (κ1) is 15.0. The molecule has 0 aliphatic heterocycles. The summed E-state index contributed by atoms with van der Waals surface area (Å²) in [6, 6.07) is 7.12. The lowest BCUT2D eigenvalue weighted by Gasteiger charge is -2.08. The minimum Gasteiger partial charge on any atom is -0.393 e. The number of aliphatic hydroxyl groups excluding tert-OH is 1. The molecule has 1 rings (SSSR count). The lowest BCUT2D eigenvalue weighted by atomic mass is 10.2. The highest BCUT2D eigenvalue weighted by molar-refractivity contribution is 6.33. The highest BCUT2D eigenvalue weighted by Crippen LogP contribution is 2.19. The molecule has 0 aromatic heterocycles. The zero-order valence-corrected chi connectivity index (χ0v) is 11.2. The number of para-hydroxylation sites is 1. The predicted octanol–water partition coefficient (Wildman–Crippen LogP) is 2.03. The Hall–Kier alpha value is -1.10. The van der Waals surface area contributed by atoms with Crippen LogP contribution < -0.4 is 10.6 Å². The number of anilines is 1. The van der Waals surface area contributed by atoms with Crippen LogP contribution in [0.4, 0.5) is 5.69 Å². The van der Waals surface area contributed by atoms with Crippen molar-refractivity contribution in [3.8, 4) is 0 Å². The van der Waals surface area contributed by atoms with Gasteiger partial charge in [0, 0.05) is 0 Å². The molecule has 0 heterocycles. The zero-order valence-electron chi connectivity index (χ0n) is 10.4. The summed E-state index contributed by atoms with van der Waals surface area (Å²) < 4.78 is 0. The SMILES string of the molecule is CC(O)CCCNCC(=O)Nc1ccccc1Cl. The van der Waals surface area contributed by atoms with Crippen LogP contribution in [0.5, 0.6) is 0 Å². The van der Waals surface area contributed by atoms with Crippen molar-refractivity contribution in [1.82, 2.24) is 5.32 Å². The van der Waals surface area contributed by atoms with E-state index >= 15 is 0 Å². The Labute approximate surface area is 112 Å². The number of carbonyl (C=O) groups is 1. The molecule has 1 amide bonds. The molecule has 5 heteroatoms. The smallest absolute Gasteiger partial charge is 0.238 e. The monoisotopic (exact) mass is 270 g/mol. The minimum atomic E-state index is -0.288. The Bertz CT molecular complexity index is 383. The lowest BCUT2D eigenvalue weighted by Crippen LogP contribution is -2.29. The van der Waals surface area contributed by atoms with Crippen LogP contribution in [0.2, 0.25) is 5.02 Å². The van der Waals surface area contributed by atoms with Crippen LogP contribution in [-0.4, -0.2) is 30.2 Å². The lowest BCUT2D eigenvalue weighted by molar-refractivity contribution is -0.115. The summed E-state index contributed by atoms with van der Waals surface area (Å²) in [7, 11) is 0. The minimum absolute atomic E-state index is 0.125. The van der Waals surface area contributed by atoms with E-state index in [9.17, 15) is 4.79 Å². The topological polar surface area (TPSA) is 61.4 Å². The second-order valence-electron chi connectivity index (χ2n) is 4.20. The van der Waals surface area contributed by atoms with Crippen LogP contribution in [0.3, 0.4) is 0 Å². The third-order valence-corrected chi connectivity index (χ3v) is 2.74. The Morgan fingerprint density at radius 1 is 1.44 bits per heavy atom. The van der Waals surface area contributed by atoms with E-state index in [4.69, 9.17) is 16.7 Å². The van der Waals surface area contributed by atoms with Crippen molar-refractivity contribution in [3.63, 3.8) is 0 Å². The molecule has 0 bridgehead atoms. The van der Waals surface area contributed by atoms with E-state index in [1.54, 1.807) is 19.1 Å². The van der Waals surface area contributed by atoms with Gasteiger partial charge in [0.25, 0.3) is 0 Å². The summed E-state index contributed by atoms with van der Waals surface area (Å²) >= 11 is 5.92. The van der Waals surface area contributed by atoms with E-state index in [-0.39, 0.29) is 18.6 Å². The van der Waals surface area contributed by atoms with Gasteiger partial charge in [0.15, 0.2) is 0 Å². The van der Waals surface area contributed by atoms with E-state index in [0.29, 0.717) is 17.3 Å². The number of nitrogens with one attached hydrogen (secondary N) is 2. The molecule has 0 spiro atoms. The summed E-state index contributed by atoms with van der Waals surface area (Å²) in [5.41, 5.74) is 0.620. The standard InChI is InChI=1S/C13H19ClN2O2/c1-10(17)5-4-8-15-9-13(18)16-12-7-3-2-6-11(12)14/h2-3,6-7,10,15,17H,4-5,8-9H2,1H3,(H,16,18). The molecule has 0 aliphatic rings. The van der Waals surface area contributed by atoms with Crippen LogP contribution in [0.15, 0.2) is 24.3 Å². The average molecular weight is 271 g/mol. The van der Waals surface area contributed by atoms with Gasteiger partial charge in [0.2, 0.25) is 5.91 Å². The number of amides is 1. The fourth-order valence-corrected chi connectivity index (χ4v) is 1.66. The maximum Gasteiger partial charge on any atom is 0.238 e. The van der Waals surface area contributed by atoms with Crippen molar-refractivity contribution in [2.45, 2.75) is 25.9 Å². The van der Waals surface area contributed by atoms with Gasteiger partial charge in [-0.3, -0.25) is 4.79 Å². The second-order valence-corrected chi connectivity index (χ2v) is 4.60. The molecule has 18 heavy (non-hydrogen) atoms. The van der Waals surface area contributed by atoms with Gasteiger partial charge in [0.1, 0.15) is 0 Å². The van der Waals surface area contributed by atoms with Gasteiger partial charge in [-0.05, 0) is 38.4 Å². The molecule has 4 nitrogen and oxygen atoms in total. The normalized spacial score (nSPS) is 12.2. The Morgan fingerprint density at radius 3 is 2.83 bits per heavy atom. The molecule has 0 radical (unpaired) electrons. The number of carbonyl (C=O) groups excluding carboxylic acids is 1. The summed E-state index contributed by atoms with van der Waals surface area (Å²) in [4.78, 5) is 11.6. The molecule has 0 saturated carbocycles. The van der Waals surface area contributed by atoms with Gasteiger partial charge in [-0.2, -0.15) is 0 Å². The predicted molar refractivity (Wildman–Crippen MR) is 73.9 cm³/mol. The highest BCUT2D eigenvalue weighted by Gasteiger charge is 2.04. The number of benzene rings is 1. The second kappa shape index (κ2) is 8.08. The van der Waals surface area contributed by atoms with Crippen molar-refractivity contribution in [1.29, 1.82) is 0 Å². The van der Waals surface area contributed by atoms with Gasteiger partial charge >= 0.3 is 0 Å². The van der Waals surface area contributed by atoms with Crippen molar-refractivity contribution in [2.75, 3.05) is 18.4 Å². The molecule has 0 fully saturated rings. The average Bonchev–Trinajstić information content (AvgIpc) is 2.31. The van der Waals surface area contributed by atoms with Crippen molar-refractivity contribution in [3.05, 3.63) is 29.3 Å². The molecule has 1 aromatic carbocycles. The number of aliphatic hydroxyl groups is 1. The number of rotatable bonds is 7. The molecule has 1 unspecified atom stereocenters. The van der Waals surface area contributed by atoms with Crippen molar-refractivity contribution in [2.24, 2.45) is 0 Å². The molecular weight excluding hydrogens is 252 g/mol. The largest absolute Gasteiger partial charge is 0.393 e. The molecule has 0 aliphatic carbocycles. The van der Waals surface area contributed by atoms with Gasteiger partial charge < -0.3 is 15.7 Å². The van der Waals surface area contributed by atoms with Crippen LogP contribution >= 0.6 is 11.6 Å². The van der Waals surface area contributed by atoms with Gasteiger partial charge in [-0.1, -0.05) is 23.7 Å². The van der Waals surface area contributed by atoms with Gasteiger partial charge in [0.05, 0.1) is 23.4 Å². The molecule has 0 saturated heterocycles. The molecule has 100 valence electrons. The van der Waals surface area contributed by atoms with Gasteiger partial charge in [-0.25, -0.2) is 0 Å². The van der Waals surface area contributed by atoms with Crippen LogP contribution in [-0.2, 0) is 4.79 Å². The molecule has 1 atom stereocenters. The highest BCUT2D eigenvalue weighted by atomic mass is 35.5. The molecule has 3 N–H and O–H groups in total. The fraction of sp³-hybridized carbons (Fsp3) is 0.462. The number of hydrogen-bond acceptors (Lipinski definition) is 3. The van der Waals surface area contributed by atoms with Crippen molar-refractivity contribution >= 4 is 23.2 Å². The maximum absolute atomic E-state index is 11.6. The van der Waals surface area contributed by atoms with Crippen LogP contribution in [0, 0.1) is 0 Å².